The summed E-state index contributed by atoms with van der Waals surface area (Å²) in [6, 6.07) is 5.50. The maximum atomic E-state index is 14.0. The lowest BCUT2D eigenvalue weighted by Crippen LogP contribution is -2.25. The Morgan fingerprint density at radius 3 is 2.68 bits per heavy atom. The Kier molecular flexibility index (Phi) is 7.47. The fourth-order valence-corrected chi connectivity index (χ4v) is 2.94. The van der Waals surface area contributed by atoms with Crippen LogP contribution in [-0.2, 0) is 0 Å². The minimum atomic E-state index is -0.0936. The quantitative estimate of drug-likeness (QED) is 0.741. The van der Waals surface area contributed by atoms with Crippen molar-refractivity contribution in [1.29, 1.82) is 0 Å². The average Bonchev–Trinajstić information content (AvgIpc) is 2.41. The van der Waals surface area contributed by atoms with Crippen molar-refractivity contribution in [3.05, 3.63) is 35.1 Å². The number of halogens is 1. The maximum absolute atomic E-state index is 14.0. The van der Waals surface area contributed by atoms with Crippen molar-refractivity contribution in [3.63, 3.8) is 0 Å². The van der Waals surface area contributed by atoms with E-state index in [1.807, 2.05) is 30.8 Å². The predicted octanol–water partition coefficient (Wildman–Crippen LogP) is 4.71. The molecule has 1 aromatic rings. The van der Waals surface area contributed by atoms with Crippen molar-refractivity contribution < 1.29 is 4.39 Å². The number of benzene rings is 1. The highest BCUT2D eigenvalue weighted by Gasteiger charge is 2.16. The highest BCUT2D eigenvalue weighted by Crippen LogP contribution is 2.25. The molecule has 0 radical (unpaired) electrons. The molecule has 2 atom stereocenters. The molecule has 1 rings (SSSR count). The SMILES string of the molecule is CCCNC(CSC(C)CC)c1cc(C)ccc1F. The largest absolute Gasteiger partial charge is 0.309 e. The van der Waals surface area contributed by atoms with Crippen molar-refractivity contribution in [2.24, 2.45) is 0 Å². The Morgan fingerprint density at radius 2 is 2.05 bits per heavy atom. The van der Waals surface area contributed by atoms with E-state index in [0.717, 1.165) is 36.3 Å². The minimum Gasteiger partial charge on any atom is -0.309 e. The van der Waals surface area contributed by atoms with Crippen LogP contribution in [0.4, 0.5) is 4.39 Å². The van der Waals surface area contributed by atoms with Crippen LogP contribution >= 0.6 is 11.8 Å². The summed E-state index contributed by atoms with van der Waals surface area (Å²) in [6.07, 6.45) is 2.22. The summed E-state index contributed by atoms with van der Waals surface area (Å²) in [5.74, 6) is 0.832. The lowest BCUT2D eigenvalue weighted by atomic mass is 10.0. The van der Waals surface area contributed by atoms with E-state index in [0.29, 0.717) is 5.25 Å². The monoisotopic (exact) mass is 283 g/mol. The van der Waals surface area contributed by atoms with Gasteiger partial charge in [0.05, 0.1) is 0 Å². The van der Waals surface area contributed by atoms with Crippen molar-refractivity contribution in [2.45, 2.75) is 51.8 Å². The first-order valence-corrected chi connectivity index (χ1v) is 8.24. The van der Waals surface area contributed by atoms with Crippen LogP contribution in [-0.4, -0.2) is 17.5 Å². The number of aryl methyl sites for hydroxylation is 1. The van der Waals surface area contributed by atoms with E-state index in [2.05, 4.69) is 26.1 Å². The first-order valence-electron chi connectivity index (χ1n) is 7.19. The second kappa shape index (κ2) is 8.60. The molecule has 1 N–H and O–H groups in total. The molecule has 0 heterocycles. The number of hydrogen-bond acceptors (Lipinski definition) is 2. The fourth-order valence-electron chi connectivity index (χ4n) is 1.89. The van der Waals surface area contributed by atoms with Crippen LogP contribution < -0.4 is 5.32 Å². The third kappa shape index (κ3) is 5.53. The van der Waals surface area contributed by atoms with Crippen LogP contribution in [0, 0.1) is 12.7 Å². The topological polar surface area (TPSA) is 12.0 Å². The summed E-state index contributed by atoms with van der Waals surface area (Å²) >= 11 is 1.92. The van der Waals surface area contributed by atoms with Crippen molar-refractivity contribution >= 4 is 11.8 Å². The number of thioether (sulfide) groups is 1. The molecule has 0 aliphatic rings. The zero-order chi connectivity index (χ0) is 14.3. The molecule has 0 spiro atoms. The fraction of sp³-hybridized carbons (Fsp3) is 0.625. The van der Waals surface area contributed by atoms with Gasteiger partial charge in [-0.2, -0.15) is 11.8 Å². The van der Waals surface area contributed by atoms with Gasteiger partial charge in [-0.05, 0) is 32.4 Å². The maximum Gasteiger partial charge on any atom is 0.128 e. The first kappa shape index (κ1) is 16.5. The van der Waals surface area contributed by atoms with Crippen LogP contribution in [0.3, 0.4) is 0 Å². The van der Waals surface area contributed by atoms with Crippen LogP contribution in [0.15, 0.2) is 18.2 Å². The van der Waals surface area contributed by atoms with Crippen molar-refractivity contribution in [1.82, 2.24) is 5.32 Å². The zero-order valence-corrected chi connectivity index (χ0v) is 13.3. The summed E-state index contributed by atoms with van der Waals surface area (Å²) in [5, 5.41) is 4.10. The molecule has 0 saturated carbocycles. The van der Waals surface area contributed by atoms with Gasteiger partial charge in [0, 0.05) is 22.6 Å². The normalized spacial score (nSPS) is 14.4. The van der Waals surface area contributed by atoms with Gasteiger partial charge in [-0.3, -0.25) is 0 Å². The molecule has 2 unspecified atom stereocenters. The van der Waals surface area contributed by atoms with E-state index in [1.54, 1.807) is 6.07 Å². The van der Waals surface area contributed by atoms with E-state index in [4.69, 9.17) is 0 Å². The number of rotatable bonds is 8. The molecule has 0 aromatic heterocycles. The standard InChI is InChI=1S/C16H26FNS/c1-5-9-18-16(11-19-13(4)6-2)14-10-12(3)7-8-15(14)17/h7-8,10,13,16,18H,5-6,9,11H2,1-4H3. The molecule has 0 amide bonds. The van der Waals surface area contributed by atoms with Gasteiger partial charge in [0.25, 0.3) is 0 Å². The van der Waals surface area contributed by atoms with Gasteiger partial charge in [-0.15, -0.1) is 0 Å². The third-order valence-corrected chi connectivity index (χ3v) is 4.72. The van der Waals surface area contributed by atoms with Crippen LogP contribution in [0.2, 0.25) is 0 Å². The highest BCUT2D eigenvalue weighted by atomic mass is 32.2. The van der Waals surface area contributed by atoms with Gasteiger partial charge in [-0.25, -0.2) is 4.39 Å². The second-order valence-corrected chi connectivity index (χ2v) is 6.56. The van der Waals surface area contributed by atoms with E-state index in [9.17, 15) is 4.39 Å². The van der Waals surface area contributed by atoms with Gasteiger partial charge in [0.2, 0.25) is 0 Å². The van der Waals surface area contributed by atoms with E-state index in [1.165, 1.54) is 0 Å². The van der Waals surface area contributed by atoms with Gasteiger partial charge in [0.15, 0.2) is 0 Å². The average molecular weight is 283 g/mol. The zero-order valence-electron chi connectivity index (χ0n) is 12.5. The molecule has 1 nitrogen and oxygen atoms in total. The minimum absolute atomic E-state index is 0.0936. The Labute approximate surface area is 121 Å². The Balaban J connectivity index is 2.79. The lowest BCUT2D eigenvalue weighted by molar-refractivity contribution is 0.531. The molecule has 0 aliphatic carbocycles. The first-order chi connectivity index (χ1) is 9.08. The molecule has 1 aromatic carbocycles. The molecule has 0 fully saturated rings. The smallest absolute Gasteiger partial charge is 0.128 e. The third-order valence-electron chi connectivity index (χ3n) is 3.29. The summed E-state index contributed by atoms with van der Waals surface area (Å²) in [5.41, 5.74) is 1.93. The van der Waals surface area contributed by atoms with Crippen molar-refractivity contribution in [2.75, 3.05) is 12.3 Å². The van der Waals surface area contributed by atoms with Gasteiger partial charge in [0.1, 0.15) is 5.82 Å². The van der Waals surface area contributed by atoms with Crippen LogP contribution in [0.5, 0.6) is 0 Å². The molecule has 108 valence electrons. The van der Waals surface area contributed by atoms with Crippen LogP contribution in [0.25, 0.3) is 0 Å². The molecule has 0 aliphatic heterocycles. The van der Waals surface area contributed by atoms with Crippen molar-refractivity contribution in [3.8, 4) is 0 Å². The van der Waals surface area contributed by atoms with Gasteiger partial charge >= 0.3 is 0 Å². The summed E-state index contributed by atoms with van der Waals surface area (Å²) in [6.45, 7) is 9.51. The summed E-state index contributed by atoms with van der Waals surface area (Å²) < 4.78 is 14.0. The molecule has 19 heavy (non-hydrogen) atoms. The Morgan fingerprint density at radius 1 is 1.32 bits per heavy atom. The Bertz CT molecular complexity index is 381. The Hall–Kier alpha value is -0.540. The molecule has 3 heteroatoms. The predicted molar refractivity (Wildman–Crippen MR) is 84.4 cm³/mol. The second-order valence-electron chi connectivity index (χ2n) is 5.08. The van der Waals surface area contributed by atoms with Gasteiger partial charge < -0.3 is 5.32 Å². The molecule has 0 bridgehead atoms. The summed E-state index contributed by atoms with van der Waals surface area (Å²) in [7, 11) is 0. The number of hydrogen-bond donors (Lipinski definition) is 1. The van der Waals surface area contributed by atoms with E-state index in [-0.39, 0.29) is 11.9 Å². The summed E-state index contributed by atoms with van der Waals surface area (Å²) in [4.78, 5) is 0. The highest BCUT2D eigenvalue weighted by molar-refractivity contribution is 7.99. The van der Waals surface area contributed by atoms with Gasteiger partial charge in [-0.1, -0.05) is 38.5 Å². The number of nitrogens with one attached hydrogen (secondary N) is 1. The molecular weight excluding hydrogens is 257 g/mol. The van der Waals surface area contributed by atoms with E-state index < -0.39 is 0 Å². The molecular formula is C16H26FNS. The lowest BCUT2D eigenvalue weighted by Gasteiger charge is -2.21. The van der Waals surface area contributed by atoms with Crippen LogP contribution in [0.1, 0.15) is 50.8 Å². The van der Waals surface area contributed by atoms with E-state index >= 15 is 0 Å². The molecule has 0 saturated heterocycles.